The van der Waals surface area contributed by atoms with Gasteiger partial charge >= 0.3 is 9.15 Å². The van der Waals surface area contributed by atoms with E-state index in [4.69, 9.17) is 4.55 Å². The first-order valence-electron chi connectivity index (χ1n) is 3.07. The molecule has 1 heterocycles. The highest BCUT2D eigenvalue weighted by Crippen LogP contribution is 2.11. The molecule has 1 aliphatic rings. The molecule has 1 fully saturated rings. The van der Waals surface area contributed by atoms with Crippen LogP contribution in [0.2, 0.25) is 0 Å². The van der Waals surface area contributed by atoms with Crippen LogP contribution >= 0.6 is 21.5 Å². The first-order chi connectivity index (χ1) is 5.06. The Kier molecular flexibility index (Phi) is 6.44. The number of hydrogen-bond acceptors (Lipinski definition) is 5. The quantitative estimate of drug-likeness (QED) is 0.343. The summed E-state index contributed by atoms with van der Waals surface area (Å²) in [4.78, 5) is 0. The minimum absolute atomic E-state index is 0.104. The maximum atomic E-state index is 9.44. The summed E-state index contributed by atoms with van der Waals surface area (Å²) >= 11 is 3.18. The molecule has 0 spiro atoms. The lowest BCUT2D eigenvalue weighted by Gasteiger charge is -1.77. The smallest absolute Gasteiger partial charge is 0.317 e. The molecule has 68 valence electrons. The molecule has 0 unspecified atom stereocenters. The Morgan fingerprint density at radius 3 is 1.82 bits per heavy atom. The van der Waals surface area contributed by atoms with E-state index < -0.39 is 9.15 Å². The number of nitrogens with one attached hydrogen (secondary N) is 1. The number of hydrogen-bond donors (Lipinski definition) is 3. The van der Waals surface area contributed by atoms with Crippen molar-refractivity contribution in [2.75, 3.05) is 13.1 Å². The highest BCUT2D eigenvalue weighted by atomic mass is 33.5. The van der Waals surface area contributed by atoms with Gasteiger partial charge in [-0.2, -0.15) is 8.42 Å². The van der Waals surface area contributed by atoms with Gasteiger partial charge in [-0.25, -0.2) is 0 Å². The molecule has 11 heavy (non-hydrogen) atoms. The molecular weight excluding hydrogens is 206 g/mol. The molecule has 0 bridgehead atoms. The predicted octanol–water partition coefficient (Wildman–Crippen LogP) is 0.737. The van der Waals surface area contributed by atoms with Gasteiger partial charge in [-0.15, -0.1) is 0 Å². The van der Waals surface area contributed by atoms with Gasteiger partial charge in [0, 0.05) is 0 Å². The second-order valence-corrected chi connectivity index (χ2v) is 6.02. The predicted molar refractivity (Wildman–Crippen MR) is 50.2 cm³/mol. The summed E-state index contributed by atoms with van der Waals surface area (Å²) in [6.45, 7) is 2.50. The van der Waals surface area contributed by atoms with Crippen LogP contribution in [0.4, 0.5) is 0 Å². The van der Waals surface area contributed by atoms with E-state index in [0.717, 1.165) is 0 Å². The van der Waals surface area contributed by atoms with Crippen molar-refractivity contribution in [2.45, 2.75) is 12.8 Å². The standard InChI is InChI=1S/C4H9N.H2O3S3/c1-2-4-5-3-1;1-6(2,3)5-4/h5H,1-4H2;4H,(H,1,2,3). The third-order valence-electron chi connectivity index (χ3n) is 1.05. The zero-order valence-electron chi connectivity index (χ0n) is 5.86. The average molecular weight is 217 g/mol. The molecule has 0 aromatic rings. The first-order valence-corrected chi connectivity index (χ1v) is 6.90. The van der Waals surface area contributed by atoms with Crippen LogP contribution in [0.15, 0.2) is 0 Å². The Hall–Kier alpha value is 0.570. The van der Waals surface area contributed by atoms with Crippen LogP contribution in [0.3, 0.4) is 0 Å². The minimum atomic E-state index is -3.88. The van der Waals surface area contributed by atoms with Gasteiger partial charge in [0.2, 0.25) is 0 Å². The van der Waals surface area contributed by atoms with Crippen molar-refractivity contribution in [3.05, 3.63) is 0 Å². The summed E-state index contributed by atoms with van der Waals surface area (Å²) in [6, 6.07) is 0. The van der Waals surface area contributed by atoms with Crippen LogP contribution < -0.4 is 5.32 Å². The lowest BCUT2D eigenvalue weighted by molar-refractivity contribution is 0.503. The monoisotopic (exact) mass is 217 g/mol. The van der Waals surface area contributed by atoms with Gasteiger partial charge in [0.1, 0.15) is 0 Å². The van der Waals surface area contributed by atoms with E-state index in [1.54, 1.807) is 0 Å². The molecular formula is C4H11NO3S3. The Balaban J connectivity index is 0.000000183. The molecule has 0 radical (unpaired) electrons. The van der Waals surface area contributed by atoms with E-state index in [-0.39, 0.29) is 9.83 Å². The van der Waals surface area contributed by atoms with Gasteiger partial charge < -0.3 is 5.32 Å². The second kappa shape index (κ2) is 6.13. The van der Waals surface area contributed by atoms with Gasteiger partial charge in [0.25, 0.3) is 0 Å². The van der Waals surface area contributed by atoms with Crippen molar-refractivity contribution < 1.29 is 13.0 Å². The molecule has 0 aromatic carbocycles. The van der Waals surface area contributed by atoms with Crippen LogP contribution in [0.25, 0.3) is 0 Å². The van der Waals surface area contributed by atoms with Crippen molar-refractivity contribution in [2.24, 2.45) is 0 Å². The molecule has 1 aliphatic heterocycles. The fourth-order valence-electron chi connectivity index (χ4n) is 0.625. The third kappa shape index (κ3) is 10.6. The normalized spacial score (nSPS) is 17.3. The fourth-order valence-corrected chi connectivity index (χ4v) is 0.625. The Morgan fingerprint density at radius 2 is 1.73 bits per heavy atom. The Bertz CT molecular complexity index is 167. The van der Waals surface area contributed by atoms with Crippen LogP contribution in [-0.2, 0) is 9.15 Å². The van der Waals surface area contributed by atoms with Gasteiger partial charge in [0.05, 0.1) is 9.83 Å². The lowest BCUT2D eigenvalue weighted by Crippen LogP contribution is -2.03. The molecule has 7 heteroatoms. The highest BCUT2D eigenvalue weighted by molar-refractivity contribution is 9.01. The fraction of sp³-hybridized carbons (Fsp3) is 1.00. The summed E-state index contributed by atoms with van der Waals surface area (Å²) in [6.07, 6.45) is 2.78. The average Bonchev–Trinajstić information content (AvgIpc) is 2.41. The van der Waals surface area contributed by atoms with E-state index in [1.165, 1.54) is 25.9 Å². The van der Waals surface area contributed by atoms with E-state index in [9.17, 15) is 8.42 Å². The summed E-state index contributed by atoms with van der Waals surface area (Å²) in [5.41, 5.74) is 0. The highest BCUT2D eigenvalue weighted by Gasteiger charge is 1.96. The second-order valence-electron chi connectivity index (χ2n) is 1.96. The zero-order chi connectivity index (χ0) is 8.74. The van der Waals surface area contributed by atoms with E-state index in [2.05, 4.69) is 17.0 Å². The van der Waals surface area contributed by atoms with Gasteiger partial charge in [0.15, 0.2) is 0 Å². The molecule has 0 saturated carbocycles. The van der Waals surface area contributed by atoms with Gasteiger partial charge in [-0.05, 0) is 25.9 Å². The minimum Gasteiger partial charge on any atom is -0.317 e. The molecule has 1 rings (SSSR count). The van der Waals surface area contributed by atoms with Gasteiger partial charge in [-0.1, -0.05) is 11.7 Å². The van der Waals surface area contributed by atoms with Crippen LogP contribution in [0.1, 0.15) is 12.8 Å². The Labute approximate surface area is 75.1 Å². The molecule has 0 aromatic heterocycles. The molecule has 0 amide bonds. The first kappa shape index (κ1) is 11.6. The summed E-state index contributed by atoms with van der Waals surface area (Å²) in [5.74, 6) is 0. The number of thiol groups is 1. The van der Waals surface area contributed by atoms with Crippen molar-refractivity contribution in [1.29, 1.82) is 0 Å². The van der Waals surface area contributed by atoms with Crippen molar-refractivity contribution in [1.82, 2.24) is 5.32 Å². The summed E-state index contributed by atoms with van der Waals surface area (Å²) in [5, 5.41) is 3.22. The molecule has 2 N–H and O–H groups in total. The number of rotatable bonds is 1. The zero-order valence-corrected chi connectivity index (χ0v) is 8.38. The van der Waals surface area contributed by atoms with Crippen LogP contribution in [0, 0.1) is 0 Å². The van der Waals surface area contributed by atoms with Gasteiger partial charge in [-0.3, -0.25) is 4.55 Å². The maximum Gasteiger partial charge on any atom is 0.329 e. The maximum absolute atomic E-state index is 9.44. The van der Waals surface area contributed by atoms with E-state index in [0.29, 0.717) is 0 Å². The summed E-state index contributed by atoms with van der Waals surface area (Å²) < 4.78 is 26.6. The van der Waals surface area contributed by atoms with Crippen LogP contribution in [0.5, 0.6) is 0 Å². The topological polar surface area (TPSA) is 66.4 Å². The van der Waals surface area contributed by atoms with Crippen molar-refractivity contribution in [3.63, 3.8) is 0 Å². The lowest BCUT2D eigenvalue weighted by atomic mass is 10.4. The molecule has 4 nitrogen and oxygen atoms in total. The van der Waals surface area contributed by atoms with Crippen molar-refractivity contribution >= 4 is 30.6 Å². The van der Waals surface area contributed by atoms with Crippen molar-refractivity contribution in [3.8, 4) is 0 Å². The third-order valence-corrected chi connectivity index (χ3v) is 3.50. The SMILES string of the molecule is C1CCNC1.O=S(=O)(O)SS. The molecule has 0 aliphatic carbocycles. The van der Waals surface area contributed by atoms with E-state index >= 15 is 0 Å². The molecule has 0 atom stereocenters. The molecule has 1 saturated heterocycles. The van der Waals surface area contributed by atoms with Crippen LogP contribution in [-0.4, -0.2) is 26.1 Å². The Morgan fingerprint density at radius 1 is 1.36 bits per heavy atom. The largest absolute Gasteiger partial charge is 0.329 e. The van der Waals surface area contributed by atoms with E-state index in [1.807, 2.05) is 0 Å². The summed E-state index contributed by atoms with van der Waals surface area (Å²) in [7, 11) is -3.78.